The minimum atomic E-state index is -1.34. The Morgan fingerprint density at radius 3 is 2.18 bits per heavy atom. The number of benzene rings is 2. The third kappa shape index (κ3) is 3.85. The van der Waals surface area contributed by atoms with Crippen molar-refractivity contribution < 1.29 is 23.1 Å². The standard InChI is InChI=1S/C16H14F3NO2/c17-13-8-15(19)14(18)7-12(13)16(22)20-6-5-10-1-3-11(9-21)4-2-10/h1-4,7-8,21H,5-6,9H2,(H,20,22). The molecule has 2 rings (SSSR count). The number of amides is 1. The molecule has 0 aliphatic rings. The topological polar surface area (TPSA) is 49.3 Å². The number of hydrogen-bond donors (Lipinski definition) is 2. The van der Waals surface area contributed by atoms with E-state index in [4.69, 9.17) is 5.11 Å². The van der Waals surface area contributed by atoms with Gasteiger partial charge < -0.3 is 10.4 Å². The predicted octanol–water partition coefficient (Wildman–Crippen LogP) is 2.57. The summed E-state index contributed by atoms with van der Waals surface area (Å²) in [5.41, 5.74) is 1.16. The largest absolute Gasteiger partial charge is 0.392 e. The Balaban J connectivity index is 1.94. The Kier molecular flexibility index (Phi) is 5.16. The first kappa shape index (κ1) is 16.0. The van der Waals surface area contributed by atoms with E-state index < -0.39 is 28.9 Å². The van der Waals surface area contributed by atoms with Crippen molar-refractivity contribution in [2.45, 2.75) is 13.0 Å². The van der Waals surface area contributed by atoms with Crippen molar-refractivity contribution in [1.82, 2.24) is 5.32 Å². The summed E-state index contributed by atoms with van der Waals surface area (Å²) in [6.45, 7) is 0.169. The van der Waals surface area contributed by atoms with E-state index in [0.717, 1.165) is 11.1 Å². The van der Waals surface area contributed by atoms with Crippen LogP contribution < -0.4 is 5.32 Å². The molecule has 22 heavy (non-hydrogen) atoms. The fourth-order valence-electron chi connectivity index (χ4n) is 1.92. The Morgan fingerprint density at radius 2 is 1.55 bits per heavy atom. The average Bonchev–Trinajstić information content (AvgIpc) is 2.51. The van der Waals surface area contributed by atoms with Crippen LogP contribution in [0.5, 0.6) is 0 Å². The van der Waals surface area contributed by atoms with Crippen molar-refractivity contribution in [1.29, 1.82) is 0 Å². The molecule has 1 amide bonds. The molecule has 0 saturated heterocycles. The molecule has 0 spiro atoms. The highest BCUT2D eigenvalue weighted by atomic mass is 19.2. The zero-order chi connectivity index (χ0) is 16.1. The highest BCUT2D eigenvalue weighted by Crippen LogP contribution is 2.13. The van der Waals surface area contributed by atoms with E-state index in [2.05, 4.69) is 5.32 Å². The fraction of sp³-hybridized carbons (Fsp3) is 0.188. The van der Waals surface area contributed by atoms with Gasteiger partial charge in [-0.3, -0.25) is 4.79 Å². The van der Waals surface area contributed by atoms with Crippen LogP contribution in [0.25, 0.3) is 0 Å². The van der Waals surface area contributed by atoms with E-state index in [1.54, 1.807) is 24.3 Å². The van der Waals surface area contributed by atoms with Crippen molar-refractivity contribution >= 4 is 5.91 Å². The molecule has 0 atom stereocenters. The molecule has 0 aliphatic carbocycles. The Bertz CT molecular complexity index is 672. The minimum Gasteiger partial charge on any atom is -0.392 e. The van der Waals surface area contributed by atoms with Crippen molar-refractivity contribution in [3.05, 3.63) is 70.5 Å². The summed E-state index contributed by atoms with van der Waals surface area (Å²) in [7, 11) is 0. The molecule has 0 fully saturated rings. The van der Waals surface area contributed by atoms with E-state index in [1.807, 2.05) is 0 Å². The van der Waals surface area contributed by atoms with E-state index in [-0.39, 0.29) is 13.2 Å². The Morgan fingerprint density at radius 1 is 0.955 bits per heavy atom. The average molecular weight is 309 g/mol. The molecule has 0 aliphatic heterocycles. The van der Waals surface area contributed by atoms with Gasteiger partial charge in [-0.05, 0) is 23.6 Å². The first-order valence-corrected chi connectivity index (χ1v) is 6.62. The molecule has 2 aromatic carbocycles. The third-order valence-electron chi connectivity index (χ3n) is 3.16. The van der Waals surface area contributed by atoms with Gasteiger partial charge in [0.15, 0.2) is 11.6 Å². The summed E-state index contributed by atoms with van der Waals surface area (Å²) in [6.07, 6.45) is 0.489. The molecule has 0 unspecified atom stereocenters. The van der Waals surface area contributed by atoms with Crippen LogP contribution in [0.2, 0.25) is 0 Å². The van der Waals surface area contributed by atoms with Gasteiger partial charge in [0.1, 0.15) is 5.82 Å². The quantitative estimate of drug-likeness (QED) is 0.834. The number of halogens is 3. The van der Waals surface area contributed by atoms with Crippen LogP contribution in [0.4, 0.5) is 13.2 Å². The maximum atomic E-state index is 13.4. The highest BCUT2D eigenvalue weighted by Gasteiger charge is 2.15. The molecule has 116 valence electrons. The fourth-order valence-corrected chi connectivity index (χ4v) is 1.92. The number of hydrogen-bond acceptors (Lipinski definition) is 2. The van der Waals surface area contributed by atoms with Gasteiger partial charge in [0.05, 0.1) is 12.2 Å². The van der Waals surface area contributed by atoms with Gasteiger partial charge in [-0.15, -0.1) is 0 Å². The molecule has 0 aromatic heterocycles. The van der Waals surface area contributed by atoms with Crippen LogP contribution in [-0.4, -0.2) is 17.6 Å². The molecule has 6 heteroatoms. The van der Waals surface area contributed by atoms with Crippen LogP contribution in [0.1, 0.15) is 21.5 Å². The van der Waals surface area contributed by atoms with E-state index in [1.165, 1.54) is 0 Å². The molecule has 0 radical (unpaired) electrons. The van der Waals surface area contributed by atoms with Gasteiger partial charge in [0.25, 0.3) is 5.91 Å². The second-order valence-electron chi connectivity index (χ2n) is 4.73. The number of aliphatic hydroxyl groups excluding tert-OH is 1. The van der Waals surface area contributed by atoms with Crippen molar-refractivity contribution in [2.24, 2.45) is 0 Å². The number of carbonyl (C=O) groups excluding carboxylic acids is 1. The van der Waals surface area contributed by atoms with Crippen LogP contribution in [0.15, 0.2) is 36.4 Å². The van der Waals surface area contributed by atoms with Crippen LogP contribution in [0, 0.1) is 17.5 Å². The third-order valence-corrected chi connectivity index (χ3v) is 3.16. The van der Waals surface area contributed by atoms with Crippen LogP contribution >= 0.6 is 0 Å². The lowest BCUT2D eigenvalue weighted by atomic mass is 10.1. The SMILES string of the molecule is O=C(NCCc1ccc(CO)cc1)c1cc(F)c(F)cc1F. The summed E-state index contributed by atoms with van der Waals surface area (Å²) in [5, 5.41) is 11.4. The molecule has 2 aromatic rings. The first-order chi connectivity index (χ1) is 10.5. The van der Waals surface area contributed by atoms with Gasteiger partial charge in [-0.25, -0.2) is 13.2 Å². The number of carbonyl (C=O) groups is 1. The summed E-state index contributed by atoms with van der Waals surface area (Å²) in [6, 6.07) is 8.00. The number of nitrogens with one attached hydrogen (secondary N) is 1. The van der Waals surface area contributed by atoms with Gasteiger partial charge in [0, 0.05) is 12.6 Å². The molecule has 0 saturated carbocycles. The van der Waals surface area contributed by atoms with Gasteiger partial charge in [-0.1, -0.05) is 24.3 Å². The number of aliphatic hydroxyl groups is 1. The van der Waals surface area contributed by atoms with Gasteiger partial charge >= 0.3 is 0 Å². The molecule has 0 heterocycles. The molecule has 3 nitrogen and oxygen atoms in total. The second-order valence-corrected chi connectivity index (χ2v) is 4.73. The Labute approximate surface area is 125 Å². The molecule has 0 bridgehead atoms. The highest BCUT2D eigenvalue weighted by molar-refractivity contribution is 5.94. The van der Waals surface area contributed by atoms with Crippen molar-refractivity contribution in [3.63, 3.8) is 0 Å². The van der Waals surface area contributed by atoms with Crippen LogP contribution in [-0.2, 0) is 13.0 Å². The molecular weight excluding hydrogens is 295 g/mol. The summed E-state index contributed by atoms with van der Waals surface area (Å²) < 4.78 is 39.3. The van der Waals surface area contributed by atoms with E-state index in [9.17, 15) is 18.0 Å². The van der Waals surface area contributed by atoms with Gasteiger partial charge in [0.2, 0.25) is 0 Å². The molecular formula is C16H14F3NO2. The normalized spacial score (nSPS) is 10.5. The summed E-state index contributed by atoms with van der Waals surface area (Å²) in [4.78, 5) is 11.7. The molecule has 2 N–H and O–H groups in total. The number of rotatable bonds is 5. The lowest BCUT2D eigenvalue weighted by molar-refractivity contribution is 0.0949. The summed E-state index contributed by atoms with van der Waals surface area (Å²) >= 11 is 0. The lowest BCUT2D eigenvalue weighted by Gasteiger charge is -2.07. The van der Waals surface area contributed by atoms with Gasteiger partial charge in [-0.2, -0.15) is 0 Å². The van der Waals surface area contributed by atoms with Crippen molar-refractivity contribution in [3.8, 4) is 0 Å². The minimum absolute atomic E-state index is 0.0492. The maximum Gasteiger partial charge on any atom is 0.254 e. The zero-order valence-corrected chi connectivity index (χ0v) is 11.6. The maximum absolute atomic E-state index is 13.4. The Hall–Kier alpha value is -2.34. The first-order valence-electron chi connectivity index (χ1n) is 6.62. The predicted molar refractivity (Wildman–Crippen MR) is 74.7 cm³/mol. The zero-order valence-electron chi connectivity index (χ0n) is 11.6. The van der Waals surface area contributed by atoms with Crippen molar-refractivity contribution in [2.75, 3.05) is 6.54 Å². The van der Waals surface area contributed by atoms with E-state index in [0.29, 0.717) is 18.6 Å². The van der Waals surface area contributed by atoms with Crippen LogP contribution in [0.3, 0.4) is 0 Å². The smallest absolute Gasteiger partial charge is 0.254 e. The monoisotopic (exact) mass is 309 g/mol. The summed E-state index contributed by atoms with van der Waals surface area (Å²) in [5.74, 6) is -4.52. The van der Waals surface area contributed by atoms with E-state index >= 15 is 0 Å². The second kappa shape index (κ2) is 7.09. The lowest BCUT2D eigenvalue weighted by Crippen LogP contribution is -2.26.